The third-order valence-corrected chi connectivity index (χ3v) is 11.2. The fraction of sp³-hybridized carbons (Fsp3) is 0.476. The third kappa shape index (κ3) is 8.36. The van der Waals surface area contributed by atoms with E-state index in [1.165, 1.54) is 0 Å². The van der Waals surface area contributed by atoms with Crippen molar-refractivity contribution in [3.8, 4) is 17.2 Å². The van der Waals surface area contributed by atoms with Gasteiger partial charge in [-0.3, -0.25) is 14.6 Å². The summed E-state index contributed by atoms with van der Waals surface area (Å²) in [5.41, 5.74) is 4.13. The molecule has 13 nitrogen and oxygen atoms in total. The SMILES string of the molecule is CN1CCCC1c1nnc2ccc(OC3CCC(NC(=O)Nc4cc(C(C)(C)C)nn4-c4ccc(Cl)c(OCCOC5CCCCO5)c4)c4ccccc43)cn12. The van der Waals surface area contributed by atoms with Crippen LogP contribution in [0.15, 0.2) is 66.9 Å². The standard InChI is InChI=1S/C42H51ClN8O5/c1-42(2,3)36-25-38(51(48-36)27-14-16-31(43)35(24-27)53-22-23-55-39-13-7-8-21-54-39)45-41(52)44-32-17-18-34(30-11-6-5-10-29(30)32)56-28-15-19-37-46-47-40(50(37)26-28)33-12-9-20-49(33)4/h5-6,10-11,14-16,19,24-26,32-34,39H,7-9,12-13,17-18,20-23H2,1-4H3,(H2,44,45,52). The Morgan fingerprint density at radius 1 is 0.964 bits per heavy atom. The number of rotatable bonds is 11. The highest BCUT2D eigenvalue weighted by molar-refractivity contribution is 6.32. The number of likely N-dealkylation sites (tertiary alicyclic amines) is 1. The molecule has 5 aromatic rings. The molecule has 2 amide bonds. The van der Waals surface area contributed by atoms with Crippen LogP contribution in [0.25, 0.3) is 11.3 Å². The molecule has 3 aromatic heterocycles. The lowest BCUT2D eigenvalue weighted by molar-refractivity contribution is -0.165. The van der Waals surface area contributed by atoms with Gasteiger partial charge in [-0.05, 0) is 93.9 Å². The van der Waals surface area contributed by atoms with Gasteiger partial charge in [0, 0.05) is 24.2 Å². The molecular formula is C42H51ClN8O5. The number of pyridine rings is 1. The number of carbonyl (C=O) groups excluding carboxylic acids is 1. The average molecular weight is 783 g/mol. The van der Waals surface area contributed by atoms with Crippen molar-refractivity contribution < 1.29 is 23.7 Å². The van der Waals surface area contributed by atoms with Gasteiger partial charge in [0.25, 0.3) is 0 Å². The Balaban J connectivity index is 0.959. The lowest BCUT2D eigenvalue weighted by Crippen LogP contribution is -2.36. The quantitative estimate of drug-likeness (QED) is 0.127. The number of ether oxygens (including phenoxy) is 4. The number of hydrogen-bond donors (Lipinski definition) is 2. The van der Waals surface area contributed by atoms with Crippen molar-refractivity contribution >= 4 is 29.1 Å². The van der Waals surface area contributed by atoms with Crippen LogP contribution < -0.4 is 20.1 Å². The lowest BCUT2D eigenvalue weighted by atomic mass is 9.85. The molecule has 296 valence electrons. The van der Waals surface area contributed by atoms with E-state index in [9.17, 15) is 4.79 Å². The zero-order valence-corrected chi connectivity index (χ0v) is 33.3. The number of benzene rings is 2. The van der Waals surface area contributed by atoms with Gasteiger partial charge in [0.15, 0.2) is 17.8 Å². The Hall–Kier alpha value is -4.69. The van der Waals surface area contributed by atoms with E-state index in [2.05, 4.69) is 70.1 Å². The maximum absolute atomic E-state index is 13.8. The Morgan fingerprint density at radius 3 is 2.61 bits per heavy atom. The number of halogens is 1. The molecule has 0 bridgehead atoms. The van der Waals surface area contributed by atoms with Crippen molar-refractivity contribution in [3.05, 3.63) is 94.5 Å². The highest BCUT2D eigenvalue weighted by atomic mass is 35.5. The van der Waals surface area contributed by atoms with Gasteiger partial charge in [0.05, 0.1) is 41.3 Å². The number of fused-ring (bicyclic) bond motifs is 2. The van der Waals surface area contributed by atoms with Gasteiger partial charge in [-0.1, -0.05) is 56.6 Å². The van der Waals surface area contributed by atoms with Gasteiger partial charge in [-0.25, -0.2) is 9.48 Å². The number of anilines is 1. The van der Waals surface area contributed by atoms with Crippen LogP contribution in [0.1, 0.15) is 107 Å². The molecule has 0 spiro atoms. The number of carbonyl (C=O) groups is 1. The average Bonchev–Trinajstić information content (AvgIpc) is 3.93. The normalized spacial score (nSPS) is 21.5. The van der Waals surface area contributed by atoms with Crippen LogP contribution in [-0.4, -0.2) is 75.0 Å². The summed E-state index contributed by atoms with van der Waals surface area (Å²) in [5, 5.41) is 20.7. The second kappa shape index (κ2) is 16.4. The molecule has 14 heteroatoms. The molecule has 2 fully saturated rings. The zero-order valence-electron chi connectivity index (χ0n) is 32.5. The van der Waals surface area contributed by atoms with Crippen LogP contribution >= 0.6 is 11.6 Å². The molecule has 2 aromatic carbocycles. The Morgan fingerprint density at radius 2 is 1.82 bits per heavy atom. The van der Waals surface area contributed by atoms with Crippen LogP contribution in [0, 0.1) is 0 Å². The predicted molar refractivity (Wildman–Crippen MR) is 214 cm³/mol. The second-order valence-electron chi connectivity index (χ2n) is 16.0. The Kier molecular flexibility index (Phi) is 11.2. The highest BCUT2D eigenvalue weighted by Crippen LogP contribution is 2.39. The molecule has 56 heavy (non-hydrogen) atoms. The van der Waals surface area contributed by atoms with Crippen LogP contribution in [0.4, 0.5) is 10.6 Å². The minimum Gasteiger partial charge on any atom is -0.490 e. The van der Waals surface area contributed by atoms with Gasteiger partial charge in [-0.2, -0.15) is 5.10 Å². The molecule has 3 aliphatic rings. The first-order valence-corrected chi connectivity index (χ1v) is 20.1. The summed E-state index contributed by atoms with van der Waals surface area (Å²) >= 11 is 6.56. The molecular weight excluding hydrogens is 732 g/mol. The molecule has 0 radical (unpaired) electrons. The highest BCUT2D eigenvalue weighted by Gasteiger charge is 2.31. The van der Waals surface area contributed by atoms with Crippen LogP contribution in [0.3, 0.4) is 0 Å². The number of hydrogen-bond acceptors (Lipinski definition) is 9. The molecule has 2 saturated heterocycles. The van der Waals surface area contributed by atoms with Crippen molar-refractivity contribution in [2.45, 2.75) is 95.6 Å². The van der Waals surface area contributed by atoms with E-state index >= 15 is 0 Å². The van der Waals surface area contributed by atoms with Gasteiger partial charge >= 0.3 is 6.03 Å². The monoisotopic (exact) mass is 782 g/mol. The van der Waals surface area contributed by atoms with E-state index in [-0.39, 0.29) is 35.9 Å². The van der Waals surface area contributed by atoms with Crippen LogP contribution in [-0.2, 0) is 14.9 Å². The number of amides is 2. The Labute approximate surface area is 332 Å². The summed E-state index contributed by atoms with van der Waals surface area (Å²) in [7, 11) is 2.14. The summed E-state index contributed by atoms with van der Waals surface area (Å²) in [6, 6.07) is 19.1. The van der Waals surface area contributed by atoms with Gasteiger partial charge in [0.2, 0.25) is 0 Å². The van der Waals surface area contributed by atoms with E-state index in [0.717, 1.165) is 85.7 Å². The van der Waals surface area contributed by atoms with Gasteiger partial charge < -0.3 is 24.3 Å². The maximum Gasteiger partial charge on any atom is 0.320 e. The fourth-order valence-electron chi connectivity index (χ4n) is 7.86. The van der Waals surface area contributed by atoms with E-state index in [4.69, 9.17) is 35.6 Å². The maximum atomic E-state index is 13.8. The number of nitrogens with zero attached hydrogens (tertiary/aromatic N) is 6. The van der Waals surface area contributed by atoms with Crippen molar-refractivity contribution in [1.82, 2.24) is 34.6 Å². The minimum atomic E-state index is -0.333. The molecule has 2 aliphatic heterocycles. The van der Waals surface area contributed by atoms with E-state index < -0.39 is 0 Å². The molecule has 4 atom stereocenters. The van der Waals surface area contributed by atoms with Gasteiger partial charge in [0.1, 0.15) is 30.0 Å². The smallest absolute Gasteiger partial charge is 0.320 e. The summed E-state index contributed by atoms with van der Waals surface area (Å²) in [5.74, 6) is 2.72. The first-order valence-electron chi connectivity index (χ1n) is 19.7. The van der Waals surface area contributed by atoms with E-state index in [1.54, 1.807) is 10.7 Å². The van der Waals surface area contributed by atoms with Crippen molar-refractivity contribution in [2.75, 3.05) is 38.7 Å². The summed E-state index contributed by atoms with van der Waals surface area (Å²) in [6.45, 7) is 8.73. The fourth-order valence-corrected chi connectivity index (χ4v) is 8.03. The van der Waals surface area contributed by atoms with Crippen LogP contribution in [0.2, 0.25) is 5.02 Å². The molecule has 1 aliphatic carbocycles. The zero-order chi connectivity index (χ0) is 38.8. The first kappa shape index (κ1) is 38.2. The summed E-state index contributed by atoms with van der Waals surface area (Å²) in [4.78, 5) is 16.1. The van der Waals surface area contributed by atoms with Gasteiger partial charge in [-0.15, -0.1) is 10.2 Å². The minimum absolute atomic E-state index is 0.178. The topological polar surface area (TPSA) is 129 Å². The van der Waals surface area contributed by atoms with E-state index in [1.807, 2.05) is 48.7 Å². The summed E-state index contributed by atoms with van der Waals surface area (Å²) in [6.07, 6.45) is 8.31. The van der Waals surface area contributed by atoms with E-state index in [0.29, 0.717) is 41.9 Å². The van der Waals surface area contributed by atoms with Crippen molar-refractivity contribution in [3.63, 3.8) is 0 Å². The lowest BCUT2D eigenvalue weighted by Gasteiger charge is -2.32. The van der Waals surface area contributed by atoms with Crippen molar-refractivity contribution in [1.29, 1.82) is 0 Å². The summed E-state index contributed by atoms with van der Waals surface area (Å²) < 4.78 is 28.0. The molecule has 2 N–H and O–H groups in total. The first-order chi connectivity index (χ1) is 27.1. The number of nitrogens with one attached hydrogen (secondary N) is 2. The van der Waals surface area contributed by atoms with Crippen molar-refractivity contribution in [2.24, 2.45) is 0 Å². The molecule has 0 saturated carbocycles. The molecule has 4 unspecified atom stereocenters. The van der Waals surface area contributed by atoms with Crippen LogP contribution in [0.5, 0.6) is 11.5 Å². The second-order valence-corrected chi connectivity index (χ2v) is 16.4. The number of aromatic nitrogens is 5. The largest absolute Gasteiger partial charge is 0.490 e. The Bertz CT molecular complexity index is 2160. The predicted octanol–water partition coefficient (Wildman–Crippen LogP) is 8.33. The number of urea groups is 1. The molecule has 5 heterocycles. The third-order valence-electron chi connectivity index (χ3n) is 10.9. The molecule has 8 rings (SSSR count).